The zero-order chi connectivity index (χ0) is 14.4. The molecule has 0 radical (unpaired) electrons. The highest BCUT2D eigenvalue weighted by molar-refractivity contribution is 5.78. The average Bonchev–Trinajstić information content (AvgIpc) is 2.92. The van der Waals surface area contributed by atoms with Gasteiger partial charge in [0.25, 0.3) is 0 Å². The molecule has 1 aromatic carbocycles. The molecule has 1 atom stereocenters. The summed E-state index contributed by atoms with van der Waals surface area (Å²) in [7, 11) is 0. The van der Waals surface area contributed by atoms with Crippen LogP contribution in [0, 0.1) is 0 Å². The average molecular weight is 274 g/mol. The maximum Gasteiger partial charge on any atom is 0.410 e. The lowest BCUT2D eigenvalue weighted by Crippen LogP contribution is -2.35. The largest absolute Gasteiger partial charge is 0.545 e. The SMILES string of the molecule is O=C([O-])/C=C/C1CCCN1C(=O)OCc1ccccc1. The van der Waals surface area contributed by atoms with Crippen LogP contribution >= 0.6 is 0 Å². The number of ether oxygens (including phenoxy) is 1. The summed E-state index contributed by atoms with van der Waals surface area (Å²) >= 11 is 0. The van der Waals surface area contributed by atoms with Crippen molar-refractivity contribution in [1.29, 1.82) is 0 Å². The first kappa shape index (κ1) is 14.1. The summed E-state index contributed by atoms with van der Waals surface area (Å²) in [6.07, 6.45) is 3.60. The minimum absolute atomic E-state index is 0.215. The van der Waals surface area contributed by atoms with Gasteiger partial charge >= 0.3 is 6.09 Å². The van der Waals surface area contributed by atoms with Gasteiger partial charge in [-0.05, 0) is 24.5 Å². The highest BCUT2D eigenvalue weighted by Crippen LogP contribution is 2.19. The Balaban J connectivity index is 1.89. The van der Waals surface area contributed by atoms with Crippen LogP contribution < -0.4 is 5.11 Å². The molecular weight excluding hydrogens is 258 g/mol. The van der Waals surface area contributed by atoms with Gasteiger partial charge in [-0.25, -0.2) is 4.79 Å². The van der Waals surface area contributed by atoms with Gasteiger partial charge < -0.3 is 19.5 Å². The van der Waals surface area contributed by atoms with Crippen molar-refractivity contribution in [2.24, 2.45) is 0 Å². The maximum absolute atomic E-state index is 12.0. The third kappa shape index (κ3) is 3.85. The van der Waals surface area contributed by atoms with Crippen LogP contribution in [0.15, 0.2) is 42.5 Å². The number of carboxylic acids is 1. The number of amides is 1. The lowest BCUT2D eigenvalue weighted by atomic mass is 10.2. The van der Waals surface area contributed by atoms with Crippen molar-refractivity contribution >= 4 is 12.1 Å². The van der Waals surface area contributed by atoms with Gasteiger partial charge in [0.05, 0.1) is 12.0 Å². The van der Waals surface area contributed by atoms with E-state index in [1.165, 1.54) is 6.08 Å². The quantitative estimate of drug-likeness (QED) is 0.771. The molecule has 0 saturated carbocycles. The highest BCUT2D eigenvalue weighted by Gasteiger charge is 2.27. The van der Waals surface area contributed by atoms with Crippen molar-refractivity contribution < 1.29 is 19.4 Å². The van der Waals surface area contributed by atoms with Gasteiger partial charge in [-0.1, -0.05) is 36.4 Å². The number of aliphatic carboxylic acids is 1. The zero-order valence-corrected chi connectivity index (χ0v) is 11.0. The van der Waals surface area contributed by atoms with Crippen LogP contribution in [0.2, 0.25) is 0 Å². The normalized spacial score (nSPS) is 18.4. The van der Waals surface area contributed by atoms with Crippen LogP contribution in [0.1, 0.15) is 18.4 Å². The molecule has 0 spiro atoms. The number of carbonyl (C=O) groups excluding carboxylic acids is 2. The zero-order valence-electron chi connectivity index (χ0n) is 11.0. The van der Waals surface area contributed by atoms with Crippen molar-refractivity contribution in [3.8, 4) is 0 Å². The molecule has 1 saturated heterocycles. The molecule has 1 fully saturated rings. The molecule has 20 heavy (non-hydrogen) atoms. The number of likely N-dealkylation sites (tertiary alicyclic amines) is 1. The fourth-order valence-electron chi connectivity index (χ4n) is 2.21. The number of carbonyl (C=O) groups is 2. The van der Waals surface area contributed by atoms with Gasteiger partial charge in [-0.3, -0.25) is 0 Å². The predicted molar refractivity (Wildman–Crippen MR) is 70.5 cm³/mol. The summed E-state index contributed by atoms with van der Waals surface area (Å²) < 4.78 is 5.24. The van der Waals surface area contributed by atoms with Gasteiger partial charge in [0.1, 0.15) is 6.61 Å². The van der Waals surface area contributed by atoms with E-state index in [0.29, 0.717) is 6.54 Å². The van der Waals surface area contributed by atoms with E-state index in [9.17, 15) is 14.7 Å². The van der Waals surface area contributed by atoms with Crippen LogP contribution in [0.25, 0.3) is 0 Å². The first-order valence-corrected chi connectivity index (χ1v) is 6.53. The molecular formula is C15H16NO4-. The second-order valence-corrected chi connectivity index (χ2v) is 4.62. The fraction of sp³-hybridized carbons (Fsp3) is 0.333. The van der Waals surface area contributed by atoms with Gasteiger partial charge in [0.2, 0.25) is 0 Å². The maximum atomic E-state index is 12.0. The van der Waals surface area contributed by atoms with E-state index in [4.69, 9.17) is 4.74 Å². The van der Waals surface area contributed by atoms with Gasteiger partial charge in [0, 0.05) is 6.54 Å². The van der Waals surface area contributed by atoms with Gasteiger partial charge in [-0.2, -0.15) is 0 Å². The Morgan fingerprint density at radius 1 is 1.35 bits per heavy atom. The number of hydrogen-bond acceptors (Lipinski definition) is 4. The monoisotopic (exact) mass is 274 g/mol. The molecule has 1 heterocycles. The Kier molecular flexibility index (Phi) is 4.76. The summed E-state index contributed by atoms with van der Waals surface area (Å²) in [6, 6.07) is 9.19. The van der Waals surface area contributed by atoms with E-state index >= 15 is 0 Å². The molecule has 0 aliphatic carbocycles. The Hall–Kier alpha value is -2.30. The van der Waals surface area contributed by atoms with E-state index in [-0.39, 0.29) is 12.6 Å². The molecule has 5 nitrogen and oxygen atoms in total. The molecule has 5 heteroatoms. The van der Waals surface area contributed by atoms with E-state index in [1.807, 2.05) is 30.3 Å². The number of carboxylic acid groups (broad SMARTS) is 1. The molecule has 1 unspecified atom stereocenters. The van der Waals surface area contributed by atoms with E-state index in [1.54, 1.807) is 4.90 Å². The first-order valence-electron chi connectivity index (χ1n) is 6.53. The molecule has 0 aromatic heterocycles. The smallest absolute Gasteiger partial charge is 0.410 e. The molecule has 1 aromatic rings. The minimum atomic E-state index is -1.26. The topological polar surface area (TPSA) is 69.7 Å². The van der Waals surface area contributed by atoms with Crippen LogP contribution in [-0.2, 0) is 16.1 Å². The standard InChI is InChI=1S/C15H17NO4/c17-14(18)9-8-13-7-4-10-16(13)15(19)20-11-12-5-2-1-3-6-12/h1-3,5-6,8-9,13H,4,7,10-11H2,(H,17,18)/p-1/b9-8+. The minimum Gasteiger partial charge on any atom is -0.545 e. The van der Waals surface area contributed by atoms with Crippen molar-refractivity contribution in [1.82, 2.24) is 4.90 Å². The molecule has 0 N–H and O–H groups in total. The number of hydrogen-bond donors (Lipinski definition) is 0. The summed E-state index contributed by atoms with van der Waals surface area (Å²) in [6.45, 7) is 0.794. The second-order valence-electron chi connectivity index (χ2n) is 4.62. The summed E-state index contributed by atoms with van der Waals surface area (Å²) in [5, 5.41) is 10.4. The van der Waals surface area contributed by atoms with E-state index in [2.05, 4.69) is 0 Å². The Labute approximate surface area is 117 Å². The van der Waals surface area contributed by atoms with Crippen LogP contribution in [0.3, 0.4) is 0 Å². The number of rotatable bonds is 4. The van der Waals surface area contributed by atoms with Crippen LogP contribution in [0.4, 0.5) is 4.79 Å². The van der Waals surface area contributed by atoms with Crippen molar-refractivity contribution in [2.75, 3.05) is 6.54 Å². The molecule has 1 aliphatic heterocycles. The van der Waals surface area contributed by atoms with Crippen LogP contribution in [-0.4, -0.2) is 29.5 Å². The lowest BCUT2D eigenvalue weighted by Gasteiger charge is -2.21. The van der Waals surface area contributed by atoms with E-state index < -0.39 is 12.1 Å². The molecule has 2 rings (SSSR count). The third-order valence-corrected chi connectivity index (χ3v) is 3.19. The second kappa shape index (κ2) is 6.75. The fourth-order valence-corrected chi connectivity index (χ4v) is 2.21. The van der Waals surface area contributed by atoms with Crippen LogP contribution in [0.5, 0.6) is 0 Å². The highest BCUT2D eigenvalue weighted by atomic mass is 16.6. The Morgan fingerprint density at radius 2 is 2.10 bits per heavy atom. The number of benzene rings is 1. The molecule has 106 valence electrons. The summed E-state index contributed by atoms with van der Waals surface area (Å²) in [4.78, 5) is 23.9. The number of nitrogens with zero attached hydrogens (tertiary/aromatic N) is 1. The van der Waals surface area contributed by atoms with Crippen molar-refractivity contribution in [2.45, 2.75) is 25.5 Å². The summed E-state index contributed by atoms with van der Waals surface area (Å²) in [5.74, 6) is -1.26. The Bertz CT molecular complexity index is 498. The van der Waals surface area contributed by atoms with Crippen molar-refractivity contribution in [3.63, 3.8) is 0 Å². The molecule has 0 bridgehead atoms. The first-order chi connectivity index (χ1) is 9.66. The van der Waals surface area contributed by atoms with Crippen molar-refractivity contribution in [3.05, 3.63) is 48.0 Å². The summed E-state index contributed by atoms with van der Waals surface area (Å²) in [5.41, 5.74) is 0.918. The lowest BCUT2D eigenvalue weighted by molar-refractivity contribution is -0.297. The van der Waals surface area contributed by atoms with E-state index in [0.717, 1.165) is 24.5 Å². The predicted octanol–water partition coefficient (Wildman–Crippen LogP) is 1.09. The van der Waals surface area contributed by atoms with Gasteiger partial charge in [-0.15, -0.1) is 0 Å². The molecule has 1 amide bonds. The molecule has 1 aliphatic rings. The third-order valence-electron chi connectivity index (χ3n) is 3.19. The van der Waals surface area contributed by atoms with Gasteiger partial charge in [0.15, 0.2) is 0 Å². The Morgan fingerprint density at radius 3 is 2.80 bits per heavy atom.